The minimum Gasteiger partial charge on any atom is -0.494 e. The number of benzene rings is 2. The zero-order chi connectivity index (χ0) is 24.6. The Bertz CT molecular complexity index is 1040. The van der Waals surface area contributed by atoms with Gasteiger partial charge in [0.05, 0.1) is 18.6 Å². The zero-order valence-electron chi connectivity index (χ0n) is 19.2. The molecule has 2 amide bonds. The molecule has 0 unspecified atom stereocenters. The molecule has 0 spiro atoms. The Morgan fingerprint density at radius 3 is 2.18 bits per heavy atom. The van der Waals surface area contributed by atoms with Gasteiger partial charge in [0.15, 0.2) is 0 Å². The maximum absolute atomic E-state index is 13.3. The topological polar surface area (TPSA) is 96.0 Å². The van der Waals surface area contributed by atoms with Crippen molar-refractivity contribution < 1.29 is 27.1 Å². The third-order valence-corrected chi connectivity index (χ3v) is 6.04. The number of carbonyl (C=O) groups is 2. The molecule has 0 saturated heterocycles. The van der Waals surface area contributed by atoms with E-state index < -0.39 is 34.3 Å². The molecule has 180 valence electrons. The number of halogens is 1. The molecular weight excluding hydrogens is 449 g/mol. The average Bonchev–Trinajstić information content (AvgIpc) is 2.76. The molecule has 0 radical (unpaired) electrons. The lowest BCUT2D eigenvalue weighted by Gasteiger charge is -2.31. The van der Waals surface area contributed by atoms with E-state index in [1.165, 1.54) is 29.2 Å². The quantitative estimate of drug-likeness (QED) is 0.534. The van der Waals surface area contributed by atoms with Gasteiger partial charge in [-0.3, -0.25) is 13.9 Å². The molecule has 2 rings (SSSR count). The molecule has 2 aromatic rings. The summed E-state index contributed by atoms with van der Waals surface area (Å²) in [6, 6.07) is 11.0. The van der Waals surface area contributed by atoms with Crippen molar-refractivity contribution in [3.05, 3.63) is 59.9 Å². The van der Waals surface area contributed by atoms with Crippen molar-refractivity contribution in [2.75, 3.05) is 30.3 Å². The monoisotopic (exact) mass is 479 g/mol. The van der Waals surface area contributed by atoms with Crippen LogP contribution in [0.25, 0.3) is 0 Å². The van der Waals surface area contributed by atoms with Crippen molar-refractivity contribution in [2.24, 2.45) is 0 Å². The number of nitrogens with one attached hydrogen (secondary N) is 1. The van der Waals surface area contributed by atoms with Crippen molar-refractivity contribution >= 4 is 27.5 Å². The van der Waals surface area contributed by atoms with Crippen LogP contribution in [0.4, 0.5) is 10.1 Å². The van der Waals surface area contributed by atoms with Gasteiger partial charge in [0, 0.05) is 13.1 Å². The van der Waals surface area contributed by atoms with Gasteiger partial charge in [-0.15, -0.1) is 0 Å². The van der Waals surface area contributed by atoms with Crippen molar-refractivity contribution in [1.29, 1.82) is 0 Å². The number of anilines is 1. The molecule has 0 heterocycles. The van der Waals surface area contributed by atoms with E-state index >= 15 is 0 Å². The van der Waals surface area contributed by atoms with Crippen LogP contribution in [0.3, 0.4) is 0 Å². The molecule has 2 aromatic carbocycles. The Kier molecular flexibility index (Phi) is 9.22. The van der Waals surface area contributed by atoms with E-state index in [2.05, 4.69) is 5.32 Å². The summed E-state index contributed by atoms with van der Waals surface area (Å²) in [6.45, 7) is 5.51. The van der Waals surface area contributed by atoms with Crippen LogP contribution in [0.15, 0.2) is 48.5 Å². The number of hydrogen-bond acceptors (Lipinski definition) is 5. The normalized spacial score (nSPS) is 12.0. The number of hydrogen-bond donors (Lipinski definition) is 1. The molecule has 0 saturated carbocycles. The molecule has 10 heteroatoms. The van der Waals surface area contributed by atoms with Crippen molar-refractivity contribution in [2.45, 2.75) is 33.4 Å². The van der Waals surface area contributed by atoms with E-state index in [1.54, 1.807) is 38.1 Å². The van der Waals surface area contributed by atoms with Gasteiger partial charge in [0.1, 0.15) is 24.2 Å². The number of rotatable bonds is 11. The van der Waals surface area contributed by atoms with E-state index in [9.17, 15) is 22.4 Å². The number of carbonyl (C=O) groups excluding carboxylic acids is 2. The molecule has 1 atom stereocenters. The van der Waals surface area contributed by atoms with E-state index in [0.717, 1.165) is 10.6 Å². The Morgan fingerprint density at radius 2 is 1.67 bits per heavy atom. The van der Waals surface area contributed by atoms with Crippen molar-refractivity contribution in [1.82, 2.24) is 10.2 Å². The lowest BCUT2D eigenvalue weighted by molar-refractivity contribution is -0.139. The Morgan fingerprint density at radius 1 is 1.06 bits per heavy atom. The van der Waals surface area contributed by atoms with Gasteiger partial charge in [-0.1, -0.05) is 12.1 Å². The summed E-state index contributed by atoms with van der Waals surface area (Å²) in [5, 5.41) is 2.67. The van der Waals surface area contributed by atoms with Gasteiger partial charge in [0.25, 0.3) is 0 Å². The summed E-state index contributed by atoms with van der Waals surface area (Å²) in [4.78, 5) is 27.1. The molecule has 0 aliphatic rings. The summed E-state index contributed by atoms with van der Waals surface area (Å²) >= 11 is 0. The standard InChI is InChI=1S/C23H30FN3O5S/c1-5-25-23(29)17(3)26(15-18-7-9-19(24)10-8-18)22(28)16-27(33(4,30)31)20-11-13-21(14-12-20)32-6-2/h7-14,17H,5-6,15-16H2,1-4H3,(H,25,29)/t17-/m0/s1. The van der Waals surface area contributed by atoms with Gasteiger partial charge in [-0.2, -0.15) is 0 Å². The fraction of sp³-hybridized carbons (Fsp3) is 0.391. The maximum atomic E-state index is 13.3. The van der Waals surface area contributed by atoms with Gasteiger partial charge in [0.2, 0.25) is 21.8 Å². The first-order chi connectivity index (χ1) is 15.6. The molecule has 0 fully saturated rings. The van der Waals surface area contributed by atoms with Gasteiger partial charge >= 0.3 is 0 Å². The molecule has 0 aliphatic carbocycles. The second-order valence-corrected chi connectivity index (χ2v) is 9.32. The van der Waals surface area contributed by atoms with Gasteiger partial charge in [-0.25, -0.2) is 12.8 Å². The van der Waals surface area contributed by atoms with E-state index in [4.69, 9.17) is 4.74 Å². The van der Waals surface area contributed by atoms with Crippen LogP contribution in [0.1, 0.15) is 26.3 Å². The smallest absolute Gasteiger partial charge is 0.244 e. The van der Waals surface area contributed by atoms with Crippen LogP contribution in [0.2, 0.25) is 0 Å². The predicted octanol–water partition coefficient (Wildman–Crippen LogP) is 2.54. The number of sulfonamides is 1. The van der Waals surface area contributed by atoms with Crippen LogP contribution < -0.4 is 14.4 Å². The highest BCUT2D eigenvalue weighted by atomic mass is 32.2. The summed E-state index contributed by atoms with van der Waals surface area (Å²) in [5.41, 5.74) is 0.898. The minimum atomic E-state index is -3.81. The SMILES string of the molecule is CCNC(=O)[C@H](C)N(Cc1ccc(F)cc1)C(=O)CN(c1ccc(OCC)cc1)S(C)(=O)=O. The second kappa shape index (κ2) is 11.6. The van der Waals surface area contributed by atoms with Crippen LogP contribution >= 0.6 is 0 Å². The van der Waals surface area contributed by atoms with E-state index in [-0.39, 0.29) is 12.5 Å². The number of ether oxygens (including phenoxy) is 1. The highest BCUT2D eigenvalue weighted by molar-refractivity contribution is 7.92. The molecular formula is C23H30FN3O5S. The first-order valence-electron chi connectivity index (χ1n) is 10.6. The third-order valence-electron chi connectivity index (χ3n) is 4.90. The molecule has 8 nitrogen and oxygen atoms in total. The predicted molar refractivity (Wildman–Crippen MR) is 125 cm³/mol. The fourth-order valence-corrected chi connectivity index (χ4v) is 4.03. The van der Waals surface area contributed by atoms with Gasteiger partial charge < -0.3 is 15.0 Å². The van der Waals surface area contributed by atoms with Crippen LogP contribution in [-0.4, -0.2) is 57.1 Å². The molecule has 33 heavy (non-hydrogen) atoms. The Labute approximate surface area is 194 Å². The fourth-order valence-electron chi connectivity index (χ4n) is 3.18. The second-order valence-electron chi connectivity index (χ2n) is 7.42. The van der Waals surface area contributed by atoms with Crippen LogP contribution in [0.5, 0.6) is 5.75 Å². The van der Waals surface area contributed by atoms with Crippen molar-refractivity contribution in [3.63, 3.8) is 0 Å². The zero-order valence-corrected chi connectivity index (χ0v) is 20.1. The highest BCUT2D eigenvalue weighted by Crippen LogP contribution is 2.22. The number of amides is 2. The van der Waals surface area contributed by atoms with E-state index in [0.29, 0.717) is 30.2 Å². The lowest BCUT2D eigenvalue weighted by Crippen LogP contribution is -2.51. The Balaban J connectivity index is 2.34. The molecule has 0 aliphatic heterocycles. The molecule has 1 N–H and O–H groups in total. The minimum absolute atomic E-state index is 0.0122. The summed E-state index contributed by atoms with van der Waals surface area (Å²) in [6.07, 6.45) is 1.01. The molecule has 0 bridgehead atoms. The van der Waals surface area contributed by atoms with Gasteiger partial charge in [-0.05, 0) is 62.7 Å². The largest absolute Gasteiger partial charge is 0.494 e. The number of nitrogens with zero attached hydrogens (tertiary/aromatic N) is 2. The first kappa shape index (κ1) is 26.1. The summed E-state index contributed by atoms with van der Waals surface area (Å²) in [5.74, 6) is -0.798. The van der Waals surface area contributed by atoms with Crippen LogP contribution in [0, 0.1) is 5.82 Å². The number of likely N-dealkylation sites (N-methyl/N-ethyl adjacent to an activating group) is 1. The van der Waals surface area contributed by atoms with Crippen molar-refractivity contribution in [3.8, 4) is 5.75 Å². The Hall–Kier alpha value is -3.14. The third kappa shape index (κ3) is 7.45. The molecule has 0 aromatic heterocycles. The maximum Gasteiger partial charge on any atom is 0.244 e. The average molecular weight is 480 g/mol. The summed E-state index contributed by atoms with van der Waals surface area (Å²) < 4.78 is 44.7. The van der Waals surface area contributed by atoms with E-state index in [1.807, 2.05) is 6.92 Å². The highest BCUT2D eigenvalue weighted by Gasteiger charge is 2.29. The van der Waals surface area contributed by atoms with Crippen LogP contribution in [-0.2, 0) is 26.2 Å². The first-order valence-corrected chi connectivity index (χ1v) is 12.4. The summed E-state index contributed by atoms with van der Waals surface area (Å²) in [7, 11) is -3.81. The lowest BCUT2D eigenvalue weighted by atomic mass is 10.1.